The molecule has 15 heavy (non-hydrogen) atoms. The Morgan fingerprint density at radius 1 is 1.40 bits per heavy atom. The Balaban J connectivity index is 2.76. The summed E-state index contributed by atoms with van der Waals surface area (Å²) >= 11 is 0. The van der Waals surface area contributed by atoms with E-state index in [1.807, 2.05) is 50.3 Å². The SMILES string of the molecule is C/C=C/COc1ccccc1C(O)CC. The van der Waals surface area contributed by atoms with Gasteiger partial charge in [0.25, 0.3) is 0 Å². The van der Waals surface area contributed by atoms with Gasteiger partial charge in [-0.1, -0.05) is 37.3 Å². The van der Waals surface area contributed by atoms with Crippen molar-refractivity contribution < 1.29 is 9.84 Å². The Morgan fingerprint density at radius 3 is 2.80 bits per heavy atom. The first-order valence-corrected chi connectivity index (χ1v) is 5.30. The van der Waals surface area contributed by atoms with Crippen molar-refractivity contribution in [1.82, 2.24) is 0 Å². The van der Waals surface area contributed by atoms with Crippen LogP contribution in [0.2, 0.25) is 0 Å². The van der Waals surface area contributed by atoms with E-state index < -0.39 is 6.10 Å². The Morgan fingerprint density at radius 2 is 2.13 bits per heavy atom. The maximum Gasteiger partial charge on any atom is 0.125 e. The summed E-state index contributed by atoms with van der Waals surface area (Å²) in [7, 11) is 0. The lowest BCUT2D eigenvalue weighted by Gasteiger charge is -2.13. The van der Waals surface area contributed by atoms with Gasteiger partial charge in [-0.05, 0) is 19.4 Å². The number of benzene rings is 1. The van der Waals surface area contributed by atoms with Crippen molar-refractivity contribution >= 4 is 0 Å². The first kappa shape index (κ1) is 11.8. The lowest BCUT2D eigenvalue weighted by molar-refractivity contribution is 0.168. The van der Waals surface area contributed by atoms with Crippen molar-refractivity contribution in [2.75, 3.05) is 6.61 Å². The average Bonchev–Trinajstić information content (AvgIpc) is 2.29. The molecule has 0 aromatic heterocycles. The molecule has 1 aromatic carbocycles. The first-order valence-electron chi connectivity index (χ1n) is 5.30. The maximum atomic E-state index is 9.77. The molecule has 0 radical (unpaired) electrons. The van der Waals surface area contributed by atoms with Gasteiger partial charge in [-0.3, -0.25) is 0 Å². The fourth-order valence-corrected chi connectivity index (χ4v) is 1.34. The third kappa shape index (κ3) is 3.40. The normalized spacial score (nSPS) is 13.0. The minimum absolute atomic E-state index is 0.438. The smallest absolute Gasteiger partial charge is 0.125 e. The Bertz CT molecular complexity index is 318. The molecule has 0 aliphatic carbocycles. The Hall–Kier alpha value is -1.28. The second-order valence-electron chi connectivity index (χ2n) is 3.34. The van der Waals surface area contributed by atoms with Gasteiger partial charge in [-0.25, -0.2) is 0 Å². The minimum atomic E-state index is -0.438. The zero-order chi connectivity index (χ0) is 11.1. The van der Waals surface area contributed by atoms with Crippen molar-refractivity contribution in [3.63, 3.8) is 0 Å². The van der Waals surface area contributed by atoms with Crippen LogP contribution in [0, 0.1) is 0 Å². The van der Waals surface area contributed by atoms with E-state index in [1.54, 1.807) is 0 Å². The van der Waals surface area contributed by atoms with E-state index >= 15 is 0 Å². The molecule has 1 unspecified atom stereocenters. The zero-order valence-corrected chi connectivity index (χ0v) is 9.31. The zero-order valence-electron chi connectivity index (χ0n) is 9.31. The molecule has 0 bridgehead atoms. The molecule has 1 atom stereocenters. The highest BCUT2D eigenvalue weighted by Gasteiger charge is 2.10. The summed E-state index contributed by atoms with van der Waals surface area (Å²) in [4.78, 5) is 0. The molecule has 0 aliphatic rings. The standard InChI is InChI=1S/C13H18O2/c1-3-5-10-15-13-9-7-6-8-11(13)12(14)4-2/h3,5-9,12,14H,4,10H2,1-2H3/b5-3+. The van der Waals surface area contributed by atoms with E-state index in [-0.39, 0.29) is 0 Å². The summed E-state index contributed by atoms with van der Waals surface area (Å²) in [5, 5.41) is 9.77. The average molecular weight is 206 g/mol. The summed E-state index contributed by atoms with van der Waals surface area (Å²) in [6, 6.07) is 7.62. The van der Waals surface area contributed by atoms with Gasteiger partial charge in [0.1, 0.15) is 12.4 Å². The maximum absolute atomic E-state index is 9.77. The van der Waals surface area contributed by atoms with Crippen LogP contribution in [0.5, 0.6) is 5.75 Å². The van der Waals surface area contributed by atoms with Crippen LogP contribution in [0.25, 0.3) is 0 Å². The van der Waals surface area contributed by atoms with E-state index in [4.69, 9.17) is 4.74 Å². The lowest BCUT2D eigenvalue weighted by Crippen LogP contribution is -2.01. The molecule has 1 N–H and O–H groups in total. The number of rotatable bonds is 5. The van der Waals surface area contributed by atoms with Crippen molar-refractivity contribution in [1.29, 1.82) is 0 Å². The van der Waals surface area contributed by atoms with Crippen LogP contribution in [0.3, 0.4) is 0 Å². The summed E-state index contributed by atoms with van der Waals surface area (Å²) in [5.74, 6) is 0.768. The Kier molecular flexibility index (Phi) is 4.91. The third-order valence-electron chi connectivity index (χ3n) is 2.24. The lowest BCUT2D eigenvalue weighted by atomic mass is 10.1. The van der Waals surface area contributed by atoms with Crippen molar-refractivity contribution in [3.05, 3.63) is 42.0 Å². The van der Waals surface area contributed by atoms with Gasteiger partial charge in [-0.15, -0.1) is 0 Å². The van der Waals surface area contributed by atoms with Crippen molar-refractivity contribution in [3.8, 4) is 5.75 Å². The van der Waals surface area contributed by atoms with Crippen LogP contribution in [0.15, 0.2) is 36.4 Å². The molecule has 2 heteroatoms. The molecule has 2 nitrogen and oxygen atoms in total. The predicted molar refractivity (Wildman–Crippen MR) is 62.0 cm³/mol. The summed E-state index contributed by atoms with van der Waals surface area (Å²) in [6.07, 6.45) is 4.14. The first-order chi connectivity index (χ1) is 7.29. The topological polar surface area (TPSA) is 29.5 Å². The molecule has 0 amide bonds. The van der Waals surface area contributed by atoms with Crippen LogP contribution < -0.4 is 4.74 Å². The van der Waals surface area contributed by atoms with Gasteiger partial charge in [-0.2, -0.15) is 0 Å². The largest absolute Gasteiger partial charge is 0.489 e. The molecule has 0 aliphatic heterocycles. The van der Waals surface area contributed by atoms with E-state index in [0.29, 0.717) is 13.0 Å². The van der Waals surface area contributed by atoms with Crippen molar-refractivity contribution in [2.45, 2.75) is 26.4 Å². The number of ether oxygens (including phenoxy) is 1. The highest BCUT2D eigenvalue weighted by Crippen LogP contribution is 2.26. The Labute approximate surface area is 91.2 Å². The van der Waals surface area contributed by atoms with Crippen LogP contribution in [0.4, 0.5) is 0 Å². The molecule has 1 rings (SSSR count). The summed E-state index contributed by atoms with van der Waals surface area (Å²) in [6.45, 7) is 4.45. The minimum Gasteiger partial charge on any atom is -0.489 e. The van der Waals surface area contributed by atoms with Gasteiger partial charge in [0, 0.05) is 5.56 Å². The number of aliphatic hydroxyl groups is 1. The fourth-order valence-electron chi connectivity index (χ4n) is 1.34. The number of hydrogen-bond acceptors (Lipinski definition) is 2. The molecule has 1 aromatic rings. The van der Waals surface area contributed by atoms with E-state index in [2.05, 4.69) is 0 Å². The predicted octanol–water partition coefficient (Wildman–Crippen LogP) is 3.08. The van der Waals surface area contributed by atoms with Crippen LogP contribution in [-0.4, -0.2) is 11.7 Å². The molecule has 82 valence electrons. The number of aliphatic hydroxyl groups excluding tert-OH is 1. The summed E-state index contributed by atoms with van der Waals surface area (Å²) in [5.41, 5.74) is 0.865. The van der Waals surface area contributed by atoms with Gasteiger partial charge >= 0.3 is 0 Å². The molecular formula is C13H18O2. The van der Waals surface area contributed by atoms with Gasteiger partial charge < -0.3 is 9.84 Å². The van der Waals surface area contributed by atoms with Crippen molar-refractivity contribution in [2.24, 2.45) is 0 Å². The number of allylic oxidation sites excluding steroid dienone is 1. The molecule has 0 saturated carbocycles. The van der Waals surface area contributed by atoms with E-state index in [1.165, 1.54) is 0 Å². The molecule has 0 heterocycles. The monoisotopic (exact) mass is 206 g/mol. The molecule has 0 spiro atoms. The fraction of sp³-hybridized carbons (Fsp3) is 0.385. The van der Waals surface area contributed by atoms with Gasteiger partial charge in [0.15, 0.2) is 0 Å². The highest BCUT2D eigenvalue weighted by atomic mass is 16.5. The third-order valence-corrected chi connectivity index (χ3v) is 2.24. The van der Waals surface area contributed by atoms with E-state index in [9.17, 15) is 5.11 Å². The number of para-hydroxylation sites is 1. The second kappa shape index (κ2) is 6.25. The van der Waals surface area contributed by atoms with Crippen LogP contribution in [-0.2, 0) is 0 Å². The van der Waals surface area contributed by atoms with Gasteiger partial charge in [0.2, 0.25) is 0 Å². The van der Waals surface area contributed by atoms with Crippen LogP contribution >= 0.6 is 0 Å². The molecule has 0 saturated heterocycles. The second-order valence-corrected chi connectivity index (χ2v) is 3.34. The quantitative estimate of drug-likeness (QED) is 0.750. The van der Waals surface area contributed by atoms with E-state index in [0.717, 1.165) is 11.3 Å². The van der Waals surface area contributed by atoms with Crippen LogP contribution in [0.1, 0.15) is 31.9 Å². The molecule has 0 fully saturated rings. The molecular weight excluding hydrogens is 188 g/mol. The highest BCUT2D eigenvalue weighted by molar-refractivity contribution is 5.35. The number of hydrogen-bond donors (Lipinski definition) is 1. The van der Waals surface area contributed by atoms with Gasteiger partial charge in [0.05, 0.1) is 6.10 Å². The summed E-state index contributed by atoms with van der Waals surface area (Å²) < 4.78 is 5.55.